The summed E-state index contributed by atoms with van der Waals surface area (Å²) in [6.45, 7) is -0.0570. The lowest BCUT2D eigenvalue weighted by molar-refractivity contribution is 0.673. The fraction of sp³-hybridized carbons (Fsp3) is 0. The Labute approximate surface area is 319 Å². The zero-order valence-electron chi connectivity index (χ0n) is 30.0. The molecule has 0 bridgehead atoms. The van der Waals surface area contributed by atoms with Gasteiger partial charge < -0.3 is 13.3 Å². The van der Waals surface area contributed by atoms with E-state index in [1.54, 1.807) is 0 Å². The van der Waals surface area contributed by atoms with Crippen LogP contribution < -0.4 is 10.9 Å². The number of hydrogen-bond acceptors (Lipinski definition) is 1. The molecule has 2 aliphatic heterocycles. The minimum absolute atomic E-state index is 0.0570. The summed E-state index contributed by atoms with van der Waals surface area (Å²) < 4.78 is 12.5. The minimum atomic E-state index is -0.0570. The Balaban J connectivity index is 1.25. The number of hydrogen-bond donors (Lipinski definition) is 0. The fourth-order valence-corrected chi connectivity index (χ4v) is 11.2. The summed E-state index contributed by atoms with van der Waals surface area (Å²) in [4.78, 5) is 0. The van der Waals surface area contributed by atoms with Crippen molar-refractivity contribution >= 4 is 110 Å². The molecule has 4 aromatic heterocycles. The van der Waals surface area contributed by atoms with Crippen molar-refractivity contribution in [2.75, 3.05) is 0 Å². The molecule has 254 valence electrons. The molecule has 56 heavy (non-hydrogen) atoms. The van der Waals surface area contributed by atoms with Gasteiger partial charge in [-0.2, -0.15) is 0 Å². The molecular weight excluding hydrogens is 679 g/mol. The predicted molar refractivity (Wildman–Crippen MR) is 236 cm³/mol. The van der Waals surface area contributed by atoms with Crippen LogP contribution in [0.2, 0.25) is 0 Å². The predicted octanol–water partition coefficient (Wildman–Crippen LogP) is 12.3. The molecule has 0 spiro atoms. The maximum atomic E-state index is 7.11. The largest absolute Gasteiger partial charge is 0.455 e. The summed E-state index contributed by atoms with van der Waals surface area (Å²) in [5.41, 5.74) is 18.6. The summed E-state index contributed by atoms with van der Waals surface area (Å²) in [5.74, 6) is 0. The van der Waals surface area contributed by atoms with E-state index in [1.165, 1.54) is 126 Å². The third-order valence-electron chi connectivity index (χ3n) is 13.3. The van der Waals surface area contributed by atoms with Gasteiger partial charge in [0.25, 0.3) is 0 Å². The van der Waals surface area contributed by atoms with E-state index in [-0.39, 0.29) is 6.85 Å². The van der Waals surface area contributed by atoms with Crippen LogP contribution in [-0.2, 0) is 0 Å². The smallest absolute Gasteiger partial charge is 0.333 e. The van der Waals surface area contributed by atoms with Crippen LogP contribution in [-0.4, -0.2) is 15.7 Å². The van der Waals surface area contributed by atoms with Gasteiger partial charge in [-0.3, -0.25) is 0 Å². The van der Waals surface area contributed by atoms with Crippen LogP contribution in [0.3, 0.4) is 0 Å². The summed E-state index contributed by atoms with van der Waals surface area (Å²) in [6.07, 6.45) is 0. The Hall–Kier alpha value is -7.30. The van der Waals surface area contributed by atoms with Crippen LogP contribution in [0.15, 0.2) is 168 Å². The third kappa shape index (κ3) is 3.12. The molecular formula is C52H27BN2O. The summed E-state index contributed by atoms with van der Waals surface area (Å²) in [6, 6.07) is 61.0. The zero-order valence-corrected chi connectivity index (χ0v) is 30.0. The highest BCUT2D eigenvalue weighted by Gasteiger charge is 2.44. The van der Waals surface area contributed by atoms with Gasteiger partial charge >= 0.3 is 6.85 Å². The van der Waals surface area contributed by atoms with Gasteiger partial charge in [-0.25, -0.2) is 0 Å². The second kappa shape index (κ2) is 9.49. The normalized spacial score (nSPS) is 13.3. The monoisotopic (exact) mass is 706 g/mol. The van der Waals surface area contributed by atoms with Gasteiger partial charge in [0.15, 0.2) is 0 Å². The van der Waals surface area contributed by atoms with Crippen LogP contribution in [0.25, 0.3) is 126 Å². The van der Waals surface area contributed by atoms with Crippen LogP contribution in [0.1, 0.15) is 0 Å². The Morgan fingerprint density at radius 2 is 1.09 bits per heavy atom. The van der Waals surface area contributed by atoms with Crippen molar-refractivity contribution < 1.29 is 4.42 Å². The number of fused-ring (bicyclic) bond motifs is 14. The van der Waals surface area contributed by atoms with E-state index in [1.807, 2.05) is 0 Å². The van der Waals surface area contributed by atoms with E-state index in [0.717, 1.165) is 11.2 Å². The average molecular weight is 707 g/mol. The molecule has 0 amide bonds. The second-order valence-corrected chi connectivity index (χ2v) is 16.0. The molecule has 0 saturated carbocycles. The molecule has 3 nitrogen and oxygen atoms in total. The van der Waals surface area contributed by atoms with Crippen LogP contribution in [0, 0.1) is 0 Å². The molecule has 2 aliphatic rings. The lowest BCUT2D eigenvalue weighted by Crippen LogP contribution is -2.54. The summed E-state index contributed by atoms with van der Waals surface area (Å²) in [5, 5.41) is 12.6. The van der Waals surface area contributed by atoms with E-state index < -0.39 is 0 Å². The van der Waals surface area contributed by atoms with E-state index in [0.29, 0.717) is 0 Å². The number of aromatic nitrogens is 2. The molecule has 0 saturated heterocycles. The van der Waals surface area contributed by atoms with Gasteiger partial charge in [0.05, 0.1) is 21.9 Å². The molecule has 13 aromatic rings. The standard InChI is InChI=1S/C52H27BN2O/c1-3-12-28(13-4-1)32-23-38-39-24-33(29-14-5-2-6-15-29)26-41-50(39)54-48(38)40(25-32)46-51(54)47-44(45-35-18-9-10-21-43(35)56-52(45)46)36-20-11-19-34-37-22-30-16-7-8-17-31(30)27-42(37)55(49(34)36)53(41)47/h1-27H. The Morgan fingerprint density at radius 3 is 1.89 bits per heavy atom. The second-order valence-electron chi connectivity index (χ2n) is 16.0. The topological polar surface area (TPSA) is 22.5 Å². The Bertz CT molecular complexity index is 3920. The summed E-state index contributed by atoms with van der Waals surface area (Å²) in [7, 11) is 0. The number of para-hydroxylation sites is 2. The maximum absolute atomic E-state index is 7.11. The molecule has 0 fully saturated rings. The molecule has 9 aromatic carbocycles. The molecule has 0 aliphatic carbocycles. The molecule has 0 radical (unpaired) electrons. The van der Waals surface area contributed by atoms with Gasteiger partial charge in [0.2, 0.25) is 0 Å². The molecule has 6 heterocycles. The number of rotatable bonds is 2. The first-order valence-electron chi connectivity index (χ1n) is 19.5. The minimum Gasteiger partial charge on any atom is -0.455 e. The van der Waals surface area contributed by atoms with E-state index in [2.05, 4.69) is 173 Å². The molecule has 4 heteroatoms. The molecule has 15 rings (SSSR count). The van der Waals surface area contributed by atoms with Crippen molar-refractivity contribution in [2.45, 2.75) is 0 Å². The molecule has 0 atom stereocenters. The van der Waals surface area contributed by atoms with Gasteiger partial charge in [-0.05, 0) is 85.9 Å². The highest BCUT2D eigenvalue weighted by Crippen LogP contribution is 2.52. The van der Waals surface area contributed by atoms with Gasteiger partial charge in [0.1, 0.15) is 11.2 Å². The first kappa shape index (κ1) is 28.2. The quantitative estimate of drug-likeness (QED) is 0.164. The van der Waals surface area contributed by atoms with Crippen LogP contribution in [0.5, 0.6) is 0 Å². The van der Waals surface area contributed by atoms with Crippen molar-refractivity contribution in [1.29, 1.82) is 0 Å². The maximum Gasteiger partial charge on any atom is 0.333 e. The van der Waals surface area contributed by atoms with Crippen molar-refractivity contribution in [3.63, 3.8) is 0 Å². The fourth-order valence-electron chi connectivity index (χ4n) is 11.2. The van der Waals surface area contributed by atoms with Crippen LogP contribution in [0.4, 0.5) is 0 Å². The van der Waals surface area contributed by atoms with Gasteiger partial charge in [-0.15, -0.1) is 0 Å². The Kier molecular flexibility index (Phi) is 4.78. The van der Waals surface area contributed by atoms with E-state index in [4.69, 9.17) is 4.42 Å². The molecule has 0 unspecified atom stereocenters. The SMILES string of the molecule is c1ccc(-c2cc3c4c(c2)c2cc(-c5ccccc5)cc5c6c7oc8ccccc8c7c7c(c6n4c25)B3n2c3cc4ccccc4cc3c3cccc-7c32)cc1. The zero-order chi connectivity index (χ0) is 36.0. The van der Waals surface area contributed by atoms with Crippen molar-refractivity contribution in [3.8, 4) is 33.4 Å². The van der Waals surface area contributed by atoms with Crippen molar-refractivity contribution in [2.24, 2.45) is 0 Å². The summed E-state index contributed by atoms with van der Waals surface area (Å²) >= 11 is 0. The molecule has 0 N–H and O–H groups in total. The highest BCUT2D eigenvalue weighted by molar-refractivity contribution is 6.91. The van der Waals surface area contributed by atoms with Gasteiger partial charge in [-0.1, -0.05) is 127 Å². The van der Waals surface area contributed by atoms with Crippen molar-refractivity contribution in [3.05, 3.63) is 164 Å². The van der Waals surface area contributed by atoms with Gasteiger partial charge in [0, 0.05) is 54.3 Å². The first-order valence-corrected chi connectivity index (χ1v) is 19.5. The number of benzene rings is 9. The Morgan fingerprint density at radius 1 is 0.429 bits per heavy atom. The average Bonchev–Trinajstić information content (AvgIpc) is 4.00. The first-order chi connectivity index (χ1) is 27.8. The lowest BCUT2D eigenvalue weighted by Gasteiger charge is -2.32. The van der Waals surface area contributed by atoms with Crippen LogP contribution >= 0.6 is 0 Å². The third-order valence-corrected chi connectivity index (χ3v) is 13.3. The lowest BCUT2D eigenvalue weighted by atomic mass is 9.45. The van der Waals surface area contributed by atoms with E-state index >= 15 is 0 Å². The van der Waals surface area contributed by atoms with Crippen molar-refractivity contribution in [1.82, 2.24) is 8.88 Å². The number of furan rings is 1. The highest BCUT2D eigenvalue weighted by atomic mass is 16.3. The van der Waals surface area contributed by atoms with E-state index in [9.17, 15) is 0 Å². The number of nitrogens with zero attached hydrogens (tertiary/aromatic N) is 2.